The van der Waals surface area contributed by atoms with Crippen LogP contribution in [0.15, 0.2) is 46.8 Å². The Morgan fingerprint density at radius 2 is 1.54 bits per heavy atom. The lowest BCUT2D eigenvalue weighted by Crippen LogP contribution is -2.14. The molecule has 142 valence electrons. The molecule has 0 fully saturated rings. The zero-order chi connectivity index (χ0) is 19.9. The second-order valence-corrected chi connectivity index (χ2v) is 9.65. The molecular formula is C24H34O2. The Hall–Kier alpha value is -1.96. The van der Waals surface area contributed by atoms with Gasteiger partial charge in [-0.15, -0.1) is 0 Å². The van der Waals surface area contributed by atoms with Crippen molar-refractivity contribution in [2.75, 3.05) is 0 Å². The monoisotopic (exact) mass is 354 g/mol. The molecule has 1 aromatic carbocycles. The predicted octanol–water partition coefficient (Wildman–Crippen LogP) is 6.68. The normalized spacial score (nSPS) is 16.3. The molecule has 2 nitrogen and oxygen atoms in total. The Morgan fingerprint density at radius 3 is 2.08 bits per heavy atom. The second kappa shape index (κ2) is 6.98. The minimum Gasteiger partial charge on any atom is -0.508 e. The van der Waals surface area contributed by atoms with Crippen LogP contribution in [-0.2, 0) is 11.8 Å². The van der Waals surface area contributed by atoms with Gasteiger partial charge in [0.25, 0.3) is 0 Å². The van der Waals surface area contributed by atoms with Gasteiger partial charge in [-0.3, -0.25) is 0 Å². The molecule has 0 heterocycles. The average Bonchev–Trinajstić information content (AvgIpc) is 2.60. The fraction of sp³-hybridized carbons (Fsp3) is 0.500. The van der Waals surface area contributed by atoms with E-state index in [2.05, 4.69) is 67.5 Å². The molecule has 0 spiro atoms. The Bertz CT molecular complexity index is 791. The van der Waals surface area contributed by atoms with Crippen molar-refractivity contribution in [2.45, 2.75) is 73.6 Å². The highest BCUT2D eigenvalue weighted by Gasteiger charge is 2.26. The first-order valence-corrected chi connectivity index (χ1v) is 9.44. The van der Waals surface area contributed by atoms with E-state index in [-0.39, 0.29) is 10.8 Å². The number of hydrogen-bond acceptors (Lipinski definition) is 2. The number of benzene rings is 1. The maximum Gasteiger partial charge on any atom is 0.122 e. The molecule has 0 aliphatic heterocycles. The van der Waals surface area contributed by atoms with Crippen molar-refractivity contribution in [1.82, 2.24) is 0 Å². The minimum atomic E-state index is -0.132. The molecule has 1 aliphatic carbocycles. The first-order valence-electron chi connectivity index (χ1n) is 9.44. The fourth-order valence-corrected chi connectivity index (χ4v) is 3.52. The van der Waals surface area contributed by atoms with Gasteiger partial charge in [0.15, 0.2) is 0 Å². The number of phenols is 1. The number of allylic oxidation sites excluding steroid dienone is 5. The number of phenolic OH excluding ortho intramolecular Hbond substituents is 1. The average molecular weight is 355 g/mol. The summed E-state index contributed by atoms with van der Waals surface area (Å²) in [5.74, 6) is 0.726. The van der Waals surface area contributed by atoms with Crippen molar-refractivity contribution in [2.24, 2.45) is 5.41 Å². The highest BCUT2D eigenvalue weighted by Crippen LogP contribution is 2.39. The van der Waals surface area contributed by atoms with E-state index in [0.717, 1.165) is 39.8 Å². The summed E-state index contributed by atoms with van der Waals surface area (Å²) >= 11 is 0. The number of aryl methyl sites for hydroxylation is 1. The van der Waals surface area contributed by atoms with Gasteiger partial charge in [-0.25, -0.2) is 0 Å². The van der Waals surface area contributed by atoms with Crippen LogP contribution in [0.5, 0.6) is 5.75 Å². The minimum absolute atomic E-state index is 0.102. The van der Waals surface area contributed by atoms with E-state index in [1.54, 1.807) is 0 Å². The summed E-state index contributed by atoms with van der Waals surface area (Å²) in [6.07, 6.45) is 5.49. The molecule has 0 saturated carbocycles. The van der Waals surface area contributed by atoms with Crippen LogP contribution in [0.4, 0.5) is 0 Å². The van der Waals surface area contributed by atoms with Crippen molar-refractivity contribution >= 4 is 0 Å². The highest BCUT2D eigenvalue weighted by atomic mass is 16.3. The lowest BCUT2D eigenvalue weighted by atomic mass is 9.81. The van der Waals surface area contributed by atoms with Crippen LogP contribution < -0.4 is 0 Å². The molecule has 0 radical (unpaired) electrons. The van der Waals surface area contributed by atoms with E-state index in [1.807, 2.05) is 12.1 Å². The molecule has 0 amide bonds. The van der Waals surface area contributed by atoms with Crippen LogP contribution in [0.3, 0.4) is 0 Å². The molecular weight excluding hydrogens is 320 g/mol. The number of aromatic hydroxyl groups is 1. The summed E-state index contributed by atoms with van der Waals surface area (Å²) < 4.78 is 0. The number of aliphatic hydroxyl groups excluding tert-OH is 1. The van der Waals surface area contributed by atoms with Gasteiger partial charge in [0.2, 0.25) is 0 Å². The topological polar surface area (TPSA) is 40.5 Å². The van der Waals surface area contributed by atoms with Crippen LogP contribution in [0.1, 0.15) is 71.6 Å². The molecule has 0 saturated heterocycles. The third kappa shape index (κ3) is 4.41. The third-order valence-corrected chi connectivity index (χ3v) is 5.05. The molecule has 0 atom stereocenters. The van der Waals surface area contributed by atoms with Gasteiger partial charge in [0.1, 0.15) is 11.5 Å². The maximum absolute atomic E-state index is 11.0. The zero-order valence-corrected chi connectivity index (χ0v) is 17.6. The van der Waals surface area contributed by atoms with Crippen LogP contribution in [-0.4, -0.2) is 10.2 Å². The van der Waals surface area contributed by atoms with Gasteiger partial charge in [-0.05, 0) is 53.4 Å². The van der Waals surface area contributed by atoms with Crippen molar-refractivity contribution in [3.05, 3.63) is 63.5 Å². The standard InChI is InChI=1S/C24H34O2/c1-15-9-10-19(23(3,4)5)21(25)17(11-15)14-18-12-16(2)13-20(22(18)26)24(6,7)8/h9,11-13,25-26H,10,14H2,1-8H3. The van der Waals surface area contributed by atoms with Crippen LogP contribution >= 0.6 is 0 Å². The maximum atomic E-state index is 11.0. The first-order chi connectivity index (χ1) is 11.8. The van der Waals surface area contributed by atoms with Gasteiger partial charge < -0.3 is 10.2 Å². The molecule has 26 heavy (non-hydrogen) atoms. The molecule has 1 aliphatic rings. The largest absolute Gasteiger partial charge is 0.508 e. The summed E-state index contributed by atoms with van der Waals surface area (Å²) in [5, 5.41) is 21.9. The molecule has 2 heteroatoms. The molecule has 2 N–H and O–H groups in total. The lowest BCUT2D eigenvalue weighted by molar-refractivity contribution is 0.377. The van der Waals surface area contributed by atoms with Crippen molar-refractivity contribution in [1.29, 1.82) is 0 Å². The number of aliphatic hydroxyl groups is 1. The van der Waals surface area contributed by atoms with Crippen molar-refractivity contribution in [3.8, 4) is 5.75 Å². The Morgan fingerprint density at radius 1 is 0.923 bits per heavy atom. The Kier molecular flexibility index (Phi) is 5.46. The van der Waals surface area contributed by atoms with Crippen molar-refractivity contribution < 1.29 is 10.2 Å². The van der Waals surface area contributed by atoms with E-state index in [9.17, 15) is 10.2 Å². The molecule has 0 bridgehead atoms. The lowest BCUT2D eigenvalue weighted by Gasteiger charge is -2.25. The molecule has 0 aromatic heterocycles. The summed E-state index contributed by atoms with van der Waals surface area (Å²) in [4.78, 5) is 0. The van der Waals surface area contributed by atoms with Crippen molar-refractivity contribution in [3.63, 3.8) is 0 Å². The third-order valence-electron chi connectivity index (χ3n) is 5.05. The van der Waals surface area contributed by atoms with E-state index < -0.39 is 0 Å². The quantitative estimate of drug-likeness (QED) is 0.622. The molecule has 0 unspecified atom stereocenters. The molecule has 1 aromatic rings. The van der Waals surface area contributed by atoms with Crippen LogP contribution in [0.25, 0.3) is 0 Å². The van der Waals surface area contributed by atoms with E-state index in [1.165, 1.54) is 0 Å². The predicted molar refractivity (Wildman–Crippen MR) is 111 cm³/mol. The summed E-state index contributed by atoms with van der Waals surface area (Å²) in [6, 6.07) is 4.08. The highest BCUT2D eigenvalue weighted by molar-refractivity contribution is 5.51. The van der Waals surface area contributed by atoms with Gasteiger partial charge in [0.05, 0.1) is 0 Å². The zero-order valence-electron chi connectivity index (χ0n) is 17.6. The van der Waals surface area contributed by atoms with Gasteiger partial charge in [-0.2, -0.15) is 0 Å². The van der Waals surface area contributed by atoms with Gasteiger partial charge >= 0.3 is 0 Å². The second-order valence-electron chi connectivity index (χ2n) is 9.65. The van der Waals surface area contributed by atoms with Crippen LogP contribution in [0, 0.1) is 12.3 Å². The molecule has 2 rings (SSSR count). The van der Waals surface area contributed by atoms with Crippen LogP contribution in [0.2, 0.25) is 0 Å². The van der Waals surface area contributed by atoms with E-state index in [4.69, 9.17) is 0 Å². The number of hydrogen-bond donors (Lipinski definition) is 2. The summed E-state index contributed by atoms with van der Waals surface area (Å²) in [7, 11) is 0. The smallest absolute Gasteiger partial charge is 0.122 e. The summed E-state index contributed by atoms with van der Waals surface area (Å²) in [5.41, 5.74) is 5.79. The summed E-state index contributed by atoms with van der Waals surface area (Å²) in [6.45, 7) is 16.8. The Balaban J connectivity index is 2.56. The van der Waals surface area contributed by atoms with E-state index in [0.29, 0.717) is 17.9 Å². The first kappa shape index (κ1) is 20.4. The number of rotatable bonds is 2. The fourth-order valence-electron chi connectivity index (χ4n) is 3.52. The van der Waals surface area contributed by atoms with E-state index >= 15 is 0 Å². The van der Waals surface area contributed by atoms with Gasteiger partial charge in [0, 0.05) is 6.42 Å². The van der Waals surface area contributed by atoms with Gasteiger partial charge in [-0.1, -0.05) is 77.0 Å². The SMILES string of the molecule is CC1=CCC(C(C)(C)C)=C(O)C(Cc2cc(C)cc(C(C)(C)C)c2O)=C1. The Labute approximate surface area is 159 Å².